The van der Waals surface area contributed by atoms with Crippen LogP contribution in [0, 0.1) is 0 Å². The molecule has 20 heavy (non-hydrogen) atoms. The van der Waals surface area contributed by atoms with E-state index in [4.69, 9.17) is 4.74 Å². The molecule has 1 aromatic carbocycles. The second-order valence-corrected chi connectivity index (χ2v) is 4.03. The van der Waals surface area contributed by atoms with Gasteiger partial charge in [-0.15, -0.1) is 0 Å². The molecule has 0 aliphatic heterocycles. The maximum absolute atomic E-state index is 12.3. The highest BCUT2D eigenvalue weighted by Crippen LogP contribution is 2.29. The van der Waals surface area contributed by atoms with Crippen LogP contribution in [0.2, 0.25) is 0 Å². The van der Waals surface area contributed by atoms with E-state index in [9.17, 15) is 18.0 Å². The molecule has 0 atom stereocenters. The van der Waals surface area contributed by atoms with E-state index in [2.05, 4.69) is 4.98 Å². The molecule has 0 aliphatic rings. The number of hydrogen-bond acceptors (Lipinski definition) is 3. The second kappa shape index (κ2) is 5.73. The fourth-order valence-corrected chi connectivity index (χ4v) is 1.55. The number of pyridine rings is 1. The van der Waals surface area contributed by atoms with Crippen LogP contribution in [0.5, 0.6) is 5.88 Å². The van der Waals surface area contributed by atoms with Gasteiger partial charge >= 0.3 is 6.18 Å². The van der Waals surface area contributed by atoms with Gasteiger partial charge < -0.3 is 4.74 Å². The lowest BCUT2D eigenvalue weighted by Gasteiger charge is -2.08. The Labute approximate surface area is 113 Å². The molecule has 3 nitrogen and oxygen atoms in total. The predicted molar refractivity (Wildman–Crippen MR) is 65.4 cm³/mol. The van der Waals surface area contributed by atoms with Gasteiger partial charge in [0.25, 0.3) is 0 Å². The van der Waals surface area contributed by atoms with E-state index in [0.717, 1.165) is 23.9 Å². The fourth-order valence-electron chi connectivity index (χ4n) is 1.55. The summed E-state index contributed by atoms with van der Waals surface area (Å²) in [5.74, 6) is 0.0921. The summed E-state index contributed by atoms with van der Waals surface area (Å²) in [6, 6.07) is 8.79. The number of aldehydes is 1. The Morgan fingerprint density at radius 1 is 1.20 bits per heavy atom. The summed E-state index contributed by atoms with van der Waals surface area (Å²) in [4.78, 5) is 14.2. The van der Waals surface area contributed by atoms with Crippen LogP contribution in [0.25, 0.3) is 0 Å². The van der Waals surface area contributed by atoms with E-state index in [1.165, 1.54) is 0 Å². The predicted octanol–water partition coefficient (Wildman–Crippen LogP) is 3.49. The molecule has 0 aliphatic carbocycles. The van der Waals surface area contributed by atoms with Gasteiger partial charge in [0.2, 0.25) is 5.88 Å². The smallest absolute Gasteiger partial charge is 0.417 e. The van der Waals surface area contributed by atoms with Crippen LogP contribution in [0.1, 0.15) is 21.5 Å². The number of alkyl halides is 3. The van der Waals surface area contributed by atoms with Crippen molar-refractivity contribution in [2.24, 2.45) is 0 Å². The monoisotopic (exact) mass is 281 g/mol. The molecule has 0 amide bonds. The quantitative estimate of drug-likeness (QED) is 0.805. The Balaban J connectivity index is 2.02. The molecular weight excluding hydrogens is 271 g/mol. The lowest BCUT2D eigenvalue weighted by molar-refractivity contribution is -0.137. The molecule has 2 rings (SSSR count). The molecule has 0 radical (unpaired) electrons. The second-order valence-electron chi connectivity index (χ2n) is 4.03. The minimum atomic E-state index is -4.41. The fraction of sp³-hybridized carbons (Fsp3) is 0.143. The number of ether oxygens (including phenoxy) is 1. The van der Waals surface area contributed by atoms with E-state index in [0.29, 0.717) is 11.8 Å². The SMILES string of the molecule is O=Cc1cccc(COc2ccc(C(F)(F)F)cn2)c1. The Morgan fingerprint density at radius 3 is 2.60 bits per heavy atom. The molecular formula is C14H10F3NO2. The van der Waals surface area contributed by atoms with E-state index in [1.54, 1.807) is 24.3 Å². The van der Waals surface area contributed by atoms with Gasteiger partial charge in [-0.3, -0.25) is 4.79 Å². The third-order valence-electron chi connectivity index (χ3n) is 2.54. The molecule has 104 valence electrons. The van der Waals surface area contributed by atoms with Crippen LogP contribution >= 0.6 is 0 Å². The van der Waals surface area contributed by atoms with Gasteiger partial charge in [-0.25, -0.2) is 4.98 Å². The van der Waals surface area contributed by atoms with Crippen LogP contribution in [-0.2, 0) is 12.8 Å². The van der Waals surface area contributed by atoms with E-state index in [1.807, 2.05) is 0 Å². The standard InChI is InChI=1S/C14H10F3NO2/c15-14(16,17)12-4-5-13(18-7-12)20-9-11-3-1-2-10(6-11)8-19/h1-8H,9H2. The molecule has 0 fully saturated rings. The first-order chi connectivity index (χ1) is 9.49. The van der Waals surface area contributed by atoms with Crippen molar-refractivity contribution < 1.29 is 22.7 Å². The summed E-state index contributed by atoms with van der Waals surface area (Å²) in [5, 5.41) is 0. The lowest BCUT2D eigenvalue weighted by atomic mass is 10.1. The van der Waals surface area contributed by atoms with Crippen molar-refractivity contribution in [1.29, 1.82) is 0 Å². The van der Waals surface area contributed by atoms with Crippen molar-refractivity contribution in [2.45, 2.75) is 12.8 Å². The van der Waals surface area contributed by atoms with Crippen LogP contribution in [0.15, 0.2) is 42.6 Å². The average molecular weight is 281 g/mol. The summed E-state index contributed by atoms with van der Waals surface area (Å²) in [5.41, 5.74) is 0.413. The largest absolute Gasteiger partial charge is 0.473 e. The molecule has 0 unspecified atom stereocenters. The number of rotatable bonds is 4. The first-order valence-electron chi connectivity index (χ1n) is 5.69. The zero-order chi connectivity index (χ0) is 14.6. The van der Waals surface area contributed by atoms with Crippen LogP contribution < -0.4 is 4.74 Å². The molecule has 0 saturated heterocycles. The minimum Gasteiger partial charge on any atom is -0.473 e. The van der Waals surface area contributed by atoms with Crippen molar-refractivity contribution in [3.63, 3.8) is 0 Å². The summed E-state index contributed by atoms with van der Waals surface area (Å²) < 4.78 is 42.3. The molecule has 1 aromatic heterocycles. The zero-order valence-electron chi connectivity index (χ0n) is 10.2. The average Bonchev–Trinajstić information content (AvgIpc) is 2.45. The first-order valence-corrected chi connectivity index (χ1v) is 5.69. The topological polar surface area (TPSA) is 39.2 Å². The summed E-state index contributed by atoms with van der Waals surface area (Å²) >= 11 is 0. The van der Waals surface area contributed by atoms with E-state index in [-0.39, 0.29) is 12.5 Å². The van der Waals surface area contributed by atoms with Crippen LogP contribution in [0.4, 0.5) is 13.2 Å². The Bertz CT molecular complexity index is 594. The lowest BCUT2D eigenvalue weighted by Crippen LogP contribution is -2.06. The third kappa shape index (κ3) is 3.57. The number of carbonyl (C=O) groups excluding carboxylic acids is 1. The number of nitrogens with zero attached hydrogens (tertiary/aromatic N) is 1. The highest BCUT2D eigenvalue weighted by Gasteiger charge is 2.30. The molecule has 0 N–H and O–H groups in total. The van der Waals surface area contributed by atoms with Crippen molar-refractivity contribution >= 4 is 6.29 Å². The normalized spacial score (nSPS) is 11.2. The molecule has 0 spiro atoms. The van der Waals surface area contributed by atoms with Crippen molar-refractivity contribution in [2.75, 3.05) is 0 Å². The Hall–Kier alpha value is -2.37. The molecule has 1 heterocycles. The van der Waals surface area contributed by atoms with Gasteiger partial charge in [0.05, 0.1) is 5.56 Å². The number of carbonyl (C=O) groups is 1. The van der Waals surface area contributed by atoms with Crippen LogP contribution in [-0.4, -0.2) is 11.3 Å². The zero-order valence-corrected chi connectivity index (χ0v) is 10.2. The van der Waals surface area contributed by atoms with Gasteiger partial charge in [-0.05, 0) is 17.7 Å². The number of benzene rings is 1. The van der Waals surface area contributed by atoms with Crippen LogP contribution in [0.3, 0.4) is 0 Å². The summed E-state index contributed by atoms with van der Waals surface area (Å²) in [6.07, 6.45) is -2.99. The Morgan fingerprint density at radius 2 is 2.00 bits per heavy atom. The molecule has 2 aromatic rings. The van der Waals surface area contributed by atoms with Gasteiger partial charge in [0.15, 0.2) is 0 Å². The maximum Gasteiger partial charge on any atom is 0.417 e. The van der Waals surface area contributed by atoms with Gasteiger partial charge in [-0.2, -0.15) is 13.2 Å². The van der Waals surface area contributed by atoms with Crippen molar-refractivity contribution in [3.8, 4) is 5.88 Å². The Kier molecular flexibility index (Phi) is 4.02. The van der Waals surface area contributed by atoms with Crippen molar-refractivity contribution in [3.05, 3.63) is 59.3 Å². The molecule has 6 heteroatoms. The number of hydrogen-bond donors (Lipinski definition) is 0. The summed E-state index contributed by atoms with van der Waals surface area (Å²) in [7, 11) is 0. The van der Waals surface area contributed by atoms with Crippen molar-refractivity contribution in [1.82, 2.24) is 4.98 Å². The molecule has 0 saturated carbocycles. The number of aromatic nitrogens is 1. The summed E-state index contributed by atoms with van der Waals surface area (Å²) in [6.45, 7) is 0.125. The van der Waals surface area contributed by atoms with E-state index < -0.39 is 11.7 Å². The molecule has 0 bridgehead atoms. The number of halogens is 3. The maximum atomic E-state index is 12.3. The van der Waals surface area contributed by atoms with Gasteiger partial charge in [0.1, 0.15) is 12.9 Å². The minimum absolute atomic E-state index is 0.0921. The van der Waals surface area contributed by atoms with Gasteiger partial charge in [-0.1, -0.05) is 18.2 Å². The van der Waals surface area contributed by atoms with E-state index >= 15 is 0 Å². The van der Waals surface area contributed by atoms with Gasteiger partial charge in [0, 0.05) is 17.8 Å². The third-order valence-corrected chi connectivity index (χ3v) is 2.54. The highest BCUT2D eigenvalue weighted by atomic mass is 19.4. The highest BCUT2D eigenvalue weighted by molar-refractivity contribution is 5.74. The first kappa shape index (κ1) is 14.0.